The predicted molar refractivity (Wildman–Crippen MR) is 186 cm³/mol. The van der Waals surface area contributed by atoms with Crippen molar-refractivity contribution in [1.29, 1.82) is 0 Å². The third kappa shape index (κ3) is 3.59. The number of fused-ring (bicyclic) bond motifs is 10. The molecule has 4 atom stereocenters. The number of benzene rings is 4. The molecule has 44 heavy (non-hydrogen) atoms. The van der Waals surface area contributed by atoms with Crippen LogP contribution in [0.5, 0.6) is 0 Å². The van der Waals surface area contributed by atoms with Gasteiger partial charge in [-0.05, 0) is 99.6 Å². The summed E-state index contributed by atoms with van der Waals surface area (Å²) in [6, 6.07) is 37.2. The van der Waals surface area contributed by atoms with Crippen LogP contribution in [0, 0.1) is 5.92 Å². The molecule has 0 aromatic heterocycles. The Hall–Kier alpha value is -4.36. The molecule has 1 aliphatic heterocycles. The van der Waals surface area contributed by atoms with Crippen LogP contribution in [0.1, 0.15) is 79.8 Å². The van der Waals surface area contributed by atoms with Gasteiger partial charge in [-0.1, -0.05) is 130 Å². The molecular formula is C43H41N. The van der Waals surface area contributed by atoms with Crippen LogP contribution < -0.4 is 4.90 Å². The fourth-order valence-electron chi connectivity index (χ4n) is 8.88. The molecule has 0 bridgehead atoms. The summed E-state index contributed by atoms with van der Waals surface area (Å²) < 4.78 is 0. The highest BCUT2D eigenvalue weighted by Gasteiger charge is 2.56. The minimum atomic E-state index is -0.305. The van der Waals surface area contributed by atoms with Gasteiger partial charge in [0.1, 0.15) is 0 Å². The fourth-order valence-corrected chi connectivity index (χ4v) is 8.88. The summed E-state index contributed by atoms with van der Waals surface area (Å²) in [6.07, 6.45) is 13.0. The zero-order chi connectivity index (χ0) is 30.0. The molecule has 3 unspecified atom stereocenters. The Morgan fingerprint density at radius 2 is 1.57 bits per heavy atom. The number of nitrogens with zero attached hydrogens (tertiary/aromatic N) is 1. The minimum Gasteiger partial charge on any atom is -0.333 e. The summed E-state index contributed by atoms with van der Waals surface area (Å²) >= 11 is 0. The molecule has 0 radical (unpaired) electrons. The van der Waals surface area contributed by atoms with E-state index in [1.165, 1.54) is 73.5 Å². The van der Waals surface area contributed by atoms with Crippen molar-refractivity contribution in [1.82, 2.24) is 0 Å². The summed E-state index contributed by atoms with van der Waals surface area (Å²) in [5.74, 6) is 0.965. The Balaban J connectivity index is 1.41. The van der Waals surface area contributed by atoms with E-state index in [1.54, 1.807) is 0 Å². The van der Waals surface area contributed by atoms with Gasteiger partial charge in [0.15, 0.2) is 0 Å². The van der Waals surface area contributed by atoms with E-state index in [-0.39, 0.29) is 11.5 Å². The largest absolute Gasteiger partial charge is 0.333 e. The fraction of sp³-hybridized carbons (Fsp3) is 0.256. The van der Waals surface area contributed by atoms with E-state index < -0.39 is 0 Å². The third-order valence-electron chi connectivity index (χ3n) is 10.8. The molecule has 0 saturated heterocycles. The maximum Gasteiger partial charge on any atom is 0.0719 e. The first-order chi connectivity index (χ1) is 21.6. The Morgan fingerprint density at radius 1 is 0.841 bits per heavy atom. The molecule has 1 heteroatoms. The van der Waals surface area contributed by atoms with Gasteiger partial charge in [-0.15, -0.1) is 0 Å². The van der Waals surface area contributed by atoms with Crippen molar-refractivity contribution < 1.29 is 0 Å². The maximum atomic E-state index is 2.68. The van der Waals surface area contributed by atoms with Crippen molar-refractivity contribution in [3.63, 3.8) is 0 Å². The SMILES string of the molecule is C/C=C\C1=C(CC)c2ccccc2C12C1=C(c3ccccc32)C2C(C=C1)c1ccccc1N2c1cccc(C[C@H](C)CC)c1. The number of para-hydroxylation sites is 1. The van der Waals surface area contributed by atoms with Crippen molar-refractivity contribution in [2.24, 2.45) is 5.92 Å². The molecule has 4 aliphatic rings. The minimum absolute atomic E-state index is 0.191. The quantitative estimate of drug-likeness (QED) is 0.222. The van der Waals surface area contributed by atoms with Crippen molar-refractivity contribution in [3.8, 4) is 0 Å². The first-order valence-corrected chi connectivity index (χ1v) is 16.6. The van der Waals surface area contributed by atoms with E-state index in [9.17, 15) is 0 Å². The van der Waals surface area contributed by atoms with Crippen molar-refractivity contribution >= 4 is 22.5 Å². The summed E-state index contributed by atoms with van der Waals surface area (Å²) in [6.45, 7) is 9.15. The van der Waals surface area contributed by atoms with Crippen LogP contribution in [0.2, 0.25) is 0 Å². The van der Waals surface area contributed by atoms with Crippen LogP contribution in [0.15, 0.2) is 133 Å². The molecule has 4 aromatic carbocycles. The average Bonchev–Trinajstić information content (AvgIpc) is 3.66. The van der Waals surface area contributed by atoms with Crippen LogP contribution in [-0.4, -0.2) is 6.04 Å². The highest BCUT2D eigenvalue weighted by atomic mass is 15.2. The van der Waals surface area contributed by atoms with Gasteiger partial charge in [0, 0.05) is 17.3 Å². The maximum absolute atomic E-state index is 2.68. The molecule has 1 spiro atoms. The zero-order valence-electron chi connectivity index (χ0n) is 26.3. The van der Waals surface area contributed by atoms with E-state index in [2.05, 4.69) is 154 Å². The summed E-state index contributed by atoms with van der Waals surface area (Å²) in [7, 11) is 0. The zero-order valence-corrected chi connectivity index (χ0v) is 26.3. The number of anilines is 2. The van der Waals surface area contributed by atoms with Gasteiger partial charge < -0.3 is 4.90 Å². The first-order valence-electron chi connectivity index (χ1n) is 16.6. The van der Waals surface area contributed by atoms with Crippen LogP contribution in [0.4, 0.5) is 11.4 Å². The number of hydrogen-bond donors (Lipinski definition) is 0. The van der Waals surface area contributed by atoms with Crippen LogP contribution in [-0.2, 0) is 11.8 Å². The molecule has 0 fully saturated rings. The molecular weight excluding hydrogens is 530 g/mol. The first kappa shape index (κ1) is 27.2. The lowest BCUT2D eigenvalue weighted by molar-refractivity contribution is 0.560. The molecule has 1 heterocycles. The third-order valence-corrected chi connectivity index (χ3v) is 10.8. The van der Waals surface area contributed by atoms with E-state index in [0.717, 1.165) is 12.8 Å². The van der Waals surface area contributed by atoms with Gasteiger partial charge in [-0.2, -0.15) is 0 Å². The van der Waals surface area contributed by atoms with Gasteiger partial charge in [0.05, 0.1) is 11.5 Å². The second-order valence-electron chi connectivity index (χ2n) is 13.1. The predicted octanol–water partition coefficient (Wildman–Crippen LogP) is 11.0. The van der Waals surface area contributed by atoms with E-state index in [4.69, 9.17) is 0 Å². The van der Waals surface area contributed by atoms with Gasteiger partial charge in [0.25, 0.3) is 0 Å². The van der Waals surface area contributed by atoms with Crippen molar-refractivity contribution in [2.45, 2.75) is 64.3 Å². The van der Waals surface area contributed by atoms with Crippen LogP contribution in [0.3, 0.4) is 0 Å². The Labute approximate surface area is 263 Å². The lowest BCUT2D eigenvalue weighted by atomic mass is 9.67. The molecule has 0 saturated carbocycles. The second kappa shape index (κ2) is 10.4. The lowest BCUT2D eigenvalue weighted by Crippen LogP contribution is -2.34. The molecule has 218 valence electrons. The normalized spacial score (nSPS) is 23.3. The van der Waals surface area contributed by atoms with Crippen LogP contribution >= 0.6 is 0 Å². The Bertz CT molecular complexity index is 1910. The van der Waals surface area contributed by atoms with Gasteiger partial charge in [-0.25, -0.2) is 0 Å². The Kier molecular flexibility index (Phi) is 6.42. The summed E-state index contributed by atoms with van der Waals surface area (Å²) in [5.41, 5.74) is 16.7. The van der Waals surface area contributed by atoms with Crippen molar-refractivity contribution in [2.75, 3.05) is 4.90 Å². The average molecular weight is 572 g/mol. The summed E-state index contributed by atoms with van der Waals surface area (Å²) in [5, 5.41) is 0. The number of allylic oxidation sites excluding steroid dienone is 6. The van der Waals surface area contributed by atoms with Crippen molar-refractivity contribution in [3.05, 3.63) is 166 Å². The Morgan fingerprint density at radius 3 is 2.34 bits per heavy atom. The highest BCUT2D eigenvalue weighted by molar-refractivity contribution is 6.00. The molecule has 3 aliphatic carbocycles. The van der Waals surface area contributed by atoms with Crippen LogP contribution in [0.25, 0.3) is 11.1 Å². The lowest BCUT2D eigenvalue weighted by Gasteiger charge is -2.37. The van der Waals surface area contributed by atoms with Gasteiger partial charge in [-0.3, -0.25) is 0 Å². The summed E-state index contributed by atoms with van der Waals surface area (Å²) in [4.78, 5) is 2.68. The monoisotopic (exact) mass is 571 g/mol. The number of rotatable bonds is 6. The highest BCUT2D eigenvalue weighted by Crippen LogP contribution is 2.66. The topological polar surface area (TPSA) is 3.24 Å². The molecule has 1 nitrogen and oxygen atoms in total. The second-order valence-corrected chi connectivity index (χ2v) is 13.1. The number of hydrogen-bond acceptors (Lipinski definition) is 1. The van der Waals surface area contributed by atoms with Gasteiger partial charge >= 0.3 is 0 Å². The molecule has 8 rings (SSSR count). The van der Waals surface area contributed by atoms with E-state index in [0.29, 0.717) is 11.8 Å². The van der Waals surface area contributed by atoms with E-state index in [1.807, 2.05) is 0 Å². The molecule has 4 aromatic rings. The van der Waals surface area contributed by atoms with Gasteiger partial charge in [0.2, 0.25) is 0 Å². The standard InChI is InChI=1S/C43H41N/c1-5-15-36-31(7-3)32-18-8-11-21-37(32)43(36)38-22-12-9-20-35(38)41-39(43)25-24-34-33-19-10-13-23-40(33)44(42(34)41)30-17-14-16-29(27-30)26-28(4)6-2/h5,8-25,27-28,34,42H,6-7,26H2,1-4H3/b15-5-/t28-,34?,42?,43?/m1/s1. The smallest absolute Gasteiger partial charge is 0.0719 e. The van der Waals surface area contributed by atoms with E-state index >= 15 is 0 Å². The molecule has 0 amide bonds. The molecule has 0 N–H and O–H groups in total.